The second-order valence-electron chi connectivity index (χ2n) is 2.32. The van der Waals surface area contributed by atoms with Crippen LogP contribution < -0.4 is 5.73 Å². The number of carbonyl (C=O) groups is 1. The Labute approximate surface area is 74.1 Å². The number of amides is 1. The van der Waals surface area contributed by atoms with Crippen molar-refractivity contribution in [2.24, 2.45) is 5.73 Å². The number of nitrogens with two attached hydrogens (primary N) is 1. The molecule has 1 amide bonds. The van der Waals surface area contributed by atoms with Gasteiger partial charge in [-0.05, 0) is 17.7 Å². The van der Waals surface area contributed by atoms with Gasteiger partial charge >= 0.3 is 0 Å². The van der Waals surface area contributed by atoms with Gasteiger partial charge in [-0.2, -0.15) is 0 Å². The van der Waals surface area contributed by atoms with Gasteiger partial charge in [-0.1, -0.05) is 12.1 Å². The summed E-state index contributed by atoms with van der Waals surface area (Å²) in [5.74, 6) is -1.11. The number of rotatable bonds is 2. The van der Waals surface area contributed by atoms with Crippen LogP contribution in [0.5, 0.6) is 0 Å². The summed E-state index contributed by atoms with van der Waals surface area (Å²) in [7, 11) is 0. The summed E-state index contributed by atoms with van der Waals surface area (Å²) in [6.07, 6.45) is 0. The van der Waals surface area contributed by atoms with E-state index in [4.69, 9.17) is 17.3 Å². The first-order chi connectivity index (χ1) is 5.61. The monoisotopic (exact) mass is 187 g/mol. The average Bonchev–Trinajstić information content (AvgIpc) is 2.03. The van der Waals surface area contributed by atoms with Gasteiger partial charge < -0.3 is 5.73 Å². The Hall–Kier alpha value is -1.09. The molecule has 1 unspecified atom stereocenters. The molecule has 0 fully saturated rings. The number of carbonyl (C=O) groups excluding carboxylic acids is 1. The Balaban J connectivity index is 2.95. The van der Waals surface area contributed by atoms with Crippen molar-refractivity contribution >= 4 is 17.5 Å². The summed E-state index contributed by atoms with van der Waals surface area (Å²) in [5, 5.41) is -0.958. The Kier molecular flexibility index (Phi) is 2.65. The zero-order valence-corrected chi connectivity index (χ0v) is 6.88. The zero-order chi connectivity index (χ0) is 9.14. The summed E-state index contributed by atoms with van der Waals surface area (Å²) in [5.41, 5.74) is 5.30. The molecule has 0 aliphatic carbocycles. The minimum absolute atomic E-state index is 0.379. The molecule has 0 saturated heterocycles. The number of alkyl halides is 1. The highest BCUT2D eigenvalue weighted by Crippen LogP contribution is 2.19. The predicted octanol–water partition coefficient (Wildman–Crippen LogP) is 1.59. The van der Waals surface area contributed by atoms with Crippen molar-refractivity contribution in [1.29, 1.82) is 0 Å². The molecule has 0 heterocycles. The molecule has 1 aromatic carbocycles. The third kappa shape index (κ3) is 1.95. The van der Waals surface area contributed by atoms with Crippen LogP contribution in [0.15, 0.2) is 24.3 Å². The van der Waals surface area contributed by atoms with Crippen molar-refractivity contribution in [1.82, 2.24) is 0 Å². The van der Waals surface area contributed by atoms with Crippen LogP contribution in [0.2, 0.25) is 0 Å². The van der Waals surface area contributed by atoms with Crippen LogP contribution in [0.1, 0.15) is 10.9 Å². The molecule has 2 N–H and O–H groups in total. The smallest absolute Gasteiger partial charge is 0.240 e. The summed E-state index contributed by atoms with van der Waals surface area (Å²) in [6.45, 7) is 0. The first-order valence-electron chi connectivity index (χ1n) is 3.30. The summed E-state index contributed by atoms with van der Waals surface area (Å²) in [6, 6.07) is 5.48. The Morgan fingerprint density at radius 2 is 2.25 bits per heavy atom. The summed E-state index contributed by atoms with van der Waals surface area (Å²) < 4.78 is 12.6. The molecule has 0 bridgehead atoms. The van der Waals surface area contributed by atoms with Gasteiger partial charge in [-0.25, -0.2) is 4.39 Å². The van der Waals surface area contributed by atoms with Crippen LogP contribution in [-0.4, -0.2) is 5.91 Å². The largest absolute Gasteiger partial charge is 0.368 e. The fourth-order valence-electron chi connectivity index (χ4n) is 0.829. The second kappa shape index (κ2) is 3.54. The molecule has 0 saturated carbocycles. The van der Waals surface area contributed by atoms with Crippen LogP contribution in [0.3, 0.4) is 0 Å². The third-order valence-corrected chi connectivity index (χ3v) is 1.86. The number of hydrogen-bond donors (Lipinski definition) is 1. The first-order valence-corrected chi connectivity index (χ1v) is 3.74. The van der Waals surface area contributed by atoms with Crippen LogP contribution in [0.4, 0.5) is 4.39 Å². The molecular formula is C8H7ClFNO. The molecule has 1 rings (SSSR count). The van der Waals surface area contributed by atoms with E-state index in [2.05, 4.69) is 0 Å². The molecule has 0 aliphatic heterocycles. The fraction of sp³-hybridized carbons (Fsp3) is 0.125. The van der Waals surface area contributed by atoms with Gasteiger partial charge in [0.15, 0.2) is 0 Å². The Bertz CT molecular complexity index is 303. The topological polar surface area (TPSA) is 43.1 Å². The number of primary amides is 1. The average molecular weight is 188 g/mol. The van der Waals surface area contributed by atoms with Gasteiger partial charge in [0.2, 0.25) is 5.91 Å². The fourth-order valence-corrected chi connectivity index (χ4v) is 0.964. The molecule has 0 aromatic heterocycles. The quantitative estimate of drug-likeness (QED) is 0.702. The van der Waals surface area contributed by atoms with Crippen LogP contribution in [0.25, 0.3) is 0 Å². The van der Waals surface area contributed by atoms with E-state index in [0.29, 0.717) is 5.56 Å². The lowest BCUT2D eigenvalue weighted by molar-refractivity contribution is -0.117. The van der Waals surface area contributed by atoms with Gasteiger partial charge in [-0.3, -0.25) is 4.79 Å². The van der Waals surface area contributed by atoms with Crippen LogP contribution >= 0.6 is 11.6 Å². The highest BCUT2D eigenvalue weighted by Gasteiger charge is 2.13. The lowest BCUT2D eigenvalue weighted by Crippen LogP contribution is -2.16. The van der Waals surface area contributed by atoms with Gasteiger partial charge in [0, 0.05) is 0 Å². The van der Waals surface area contributed by atoms with E-state index in [0.717, 1.165) is 0 Å². The van der Waals surface area contributed by atoms with E-state index >= 15 is 0 Å². The standard InChI is InChI=1S/C8H7ClFNO/c9-7(8(11)12)5-2-1-3-6(10)4-5/h1-4,7H,(H2,11,12). The molecule has 0 aliphatic rings. The van der Waals surface area contributed by atoms with Crippen molar-refractivity contribution < 1.29 is 9.18 Å². The molecule has 4 heteroatoms. The Morgan fingerprint density at radius 1 is 1.58 bits per heavy atom. The van der Waals surface area contributed by atoms with Crippen molar-refractivity contribution in [3.63, 3.8) is 0 Å². The number of benzene rings is 1. The second-order valence-corrected chi connectivity index (χ2v) is 2.76. The van der Waals surface area contributed by atoms with E-state index in [1.165, 1.54) is 18.2 Å². The lowest BCUT2D eigenvalue weighted by atomic mass is 10.1. The van der Waals surface area contributed by atoms with E-state index in [-0.39, 0.29) is 0 Å². The van der Waals surface area contributed by atoms with E-state index in [9.17, 15) is 9.18 Å². The Morgan fingerprint density at radius 3 is 2.75 bits per heavy atom. The maximum absolute atomic E-state index is 12.6. The highest BCUT2D eigenvalue weighted by molar-refractivity contribution is 6.30. The van der Waals surface area contributed by atoms with Crippen LogP contribution in [-0.2, 0) is 4.79 Å². The zero-order valence-electron chi connectivity index (χ0n) is 6.13. The molecule has 2 nitrogen and oxygen atoms in total. The molecule has 12 heavy (non-hydrogen) atoms. The third-order valence-electron chi connectivity index (χ3n) is 1.39. The number of hydrogen-bond acceptors (Lipinski definition) is 1. The predicted molar refractivity (Wildman–Crippen MR) is 44.2 cm³/mol. The number of halogens is 2. The molecule has 1 atom stereocenters. The maximum atomic E-state index is 12.6. The van der Waals surface area contributed by atoms with Crippen molar-refractivity contribution in [3.05, 3.63) is 35.6 Å². The summed E-state index contributed by atoms with van der Waals surface area (Å²) >= 11 is 5.57. The van der Waals surface area contributed by atoms with Gasteiger partial charge in [0.1, 0.15) is 11.2 Å². The molecule has 1 aromatic rings. The van der Waals surface area contributed by atoms with Crippen LogP contribution in [0, 0.1) is 5.82 Å². The minimum atomic E-state index is -0.958. The SMILES string of the molecule is NC(=O)C(Cl)c1cccc(F)c1. The maximum Gasteiger partial charge on any atom is 0.240 e. The van der Waals surface area contributed by atoms with Crippen molar-refractivity contribution in [3.8, 4) is 0 Å². The van der Waals surface area contributed by atoms with E-state index in [1.807, 2.05) is 0 Å². The van der Waals surface area contributed by atoms with Gasteiger partial charge in [-0.15, -0.1) is 11.6 Å². The van der Waals surface area contributed by atoms with Crippen molar-refractivity contribution in [2.45, 2.75) is 5.38 Å². The minimum Gasteiger partial charge on any atom is -0.368 e. The van der Waals surface area contributed by atoms with Gasteiger partial charge in [0.05, 0.1) is 0 Å². The van der Waals surface area contributed by atoms with Gasteiger partial charge in [0.25, 0.3) is 0 Å². The first kappa shape index (κ1) is 9.00. The highest BCUT2D eigenvalue weighted by atomic mass is 35.5. The van der Waals surface area contributed by atoms with Crippen molar-refractivity contribution in [2.75, 3.05) is 0 Å². The lowest BCUT2D eigenvalue weighted by Gasteiger charge is -2.04. The van der Waals surface area contributed by atoms with E-state index < -0.39 is 17.1 Å². The summed E-state index contributed by atoms with van der Waals surface area (Å²) in [4.78, 5) is 10.6. The van der Waals surface area contributed by atoms with E-state index in [1.54, 1.807) is 6.07 Å². The molecular weight excluding hydrogens is 181 g/mol. The normalized spacial score (nSPS) is 12.5. The molecule has 0 spiro atoms. The molecule has 0 radical (unpaired) electrons. The molecule has 64 valence electrons.